The van der Waals surface area contributed by atoms with E-state index in [-0.39, 0.29) is 6.04 Å². The lowest BCUT2D eigenvalue weighted by Gasteiger charge is -2.19. The van der Waals surface area contributed by atoms with Gasteiger partial charge in [0.05, 0.1) is 36.1 Å². The monoisotopic (exact) mass is 260 g/mol. The van der Waals surface area contributed by atoms with Crippen molar-refractivity contribution in [2.75, 3.05) is 41.4 Å². The van der Waals surface area contributed by atoms with Crippen LogP contribution in [0.2, 0.25) is 5.02 Å². The molecule has 1 heterocycles. The number of aromatic nitrogens is 2. The highest BCUT2D eigenvalue weighted by atomic mass is 35.5. The van der Waals surface area contributed by atoms with Gasteiger partial charge in [0.15, 0.2) is 0 Å². The standard InChI is InChI=1S/C11H21ClN4O/c1-13-10(8-17-4)11-9(12)7-14-16(11)6-5-15(2)3/h7,10,13H,5-6,8H2,1-4H3. The van der Waals surface area contributed by atoms with Crippen LogP contribution in [0.3, 0.4) is 0 Å². The summed E-state index contributed by atoms with van der Waals surface area (Å²) in [5, 5.41) is 8.17. The van der Waals surface area contributed by atoms with Gasteiger partial charge >= 0.3 is 0 Å². The Morgan fingerprint density at radius 2 is 2.29 bits per heavy atom. The van der Waals surface area contributed by atoms with E-state index in [4.69, 9.17) is 16.3 Å². The average molecular weight is 261 g/mol. The van der Waals surface area contributed by atoms with Crippen molar-refractivity contribution < 1.29 is 4.74 Å². The summed E-state index contributed by atoms with van der Waals surface area (Å²) in [6, 6.07) is 0.0668. The summed E-state index contributed by atoms with van der Waals surface area (Å²) >= 11 is 6.18. The van der Waals surface area contributed by atoms with Crippen LogP contribution in [-0.2, 0) is 11.3 Å². The van der Waals surface area contributed by atoms with E-state index < -0.39 is 0 Å². The van der Waals surface area contributed by atoms with Crippen LogP contribution in [0.1, 0.15) is 11.7 Å². The smallest absolute Gasteiger partial charge is 0.0835 e. The maximum Gasteiger partial charge on any atom is 0.0835 e. The van der Waals surface area contributed by atoms with E-state index in [1.165, 1.54) is 0 Å². The zero-order valence-electron chi connectivity index (χ0n) is 10.9. The first-order valence-electron chi connectivity index (χ1n) is 5.62. The highest BCUT2D eigenvalue weighted by Crippen LogP contribution is 2.22. The number of hydrogen-bond acceptors (Lipinski definition) is 4. The molecule has 0 aliphatic heterocycles. The maximum absolute atomic E-state index is 6.18. The molecule has 1 N–H and O–H groups in total. The molecule has 0 bridgehead atoms. The number of halogens is 1. The van der Waals surface area contributed by atoms with Crippen LogP contribution in [0, 0.1) is 0 Å². The van der Waals surface area contributed by atoms with E-state index in [0.717, 1.165) is 18.8 Å². The molecule has 17 heavy (non-hydrogen) atoms. The molecule has 0 aliphatic carbocycles. The van der Waals surface area contributed by atoms with Crippen molar-refractivity contribution in [1.29, 1.82) is 0 Å². The molecule has 5 nitrogen and oxygen atoms in total. The highest BCUT2D eigenvalue weighted by Gasteiger charge is 2.18. The predicted molar refractivity (Wildman–Crippen MR) is 69.5 cm³/mol. The summed E-state index contributed by atoms with van der Waals surface area (Å²) in [5.41, 5.74) is 0.984. The van der Waals surface area contributed by atoms with Gasteiger partial charge in [0.2, 0.25) is 0 Å². The fourth-order valence-electron chi connectivity index (χ4n) is 1.66. The van der Waals surface area contributed by atoms with E-state index in [2.05, 4.69) is 15.3 Å². The van der Waals surface area contributed by atoms with Crippen molar-refractivity contribution in [2.45, 2.75) is 12.6 Å². The minimum absolute atomic E-state index is 0.0668. The van der Waals surface area contributed by atoms with Crippen molar-refractivity contribution >= 4 is 11.6 Å². The molecule has 0 fully saturated rings. The summed E-state index contributed by atoms with van der Waals surface area (Å²) in [4.78, 5) is 2.12. The van der Waals surface area contributed by atoms with E-state index in [1.807, 2.05) is 25.8 Å². The first-order valence-corrected chi connectivity index (χ1v) is 6.00. The minimum atomic E-state index is 0.0668. The quantitative estimate of drug-likeness (QED) is 0.795. The Kier molecular flexibility index (Phi) is 5.91. The average Bonchev–Trinajstić information content (AvgIpc) is 2.65. The third-order valence-corrected chi connectivity index (χ3v) is 2.90. The van der Waals surface area contributed by atoms with Crippen molar-refractivity contribution in [2.24, 2.45) is 0 Å². The van der Waals surface area contributed by atoms with Crippen LogP contribution in [0.5, 0.6) is 0 Å². The molecule has 1 rings (SSSR count). The highest BCUT2D eigenvalue weighted by molar-refractivity contribution is 6.31. The van der Waals surface area contributed by atoms with Crippen LogP contribution >= 0.6 is 11.6 Å². The first-order chi connectivity index (χ1) is 8.10. The second-order valence-corrected chi connectivity index (χ2v) is 4.61. The van der Waals surface area contributed by atoms with Gasteiger partial charge in [-0.2, -0.15) is 5.10 Å². The van der Waals surface area contributed by atoms with Crippen LogP contribution in [0.15, 0.2) is 6.20 Å². The Morgan fingerprint density at radius 3 is 2.82 bits per heavy atom. The molecule has 0 saturated heterocycles. The summed E-state index contributed by atoms with van der Waals surface area (Å²) in [5.74, 6) is 0. The van der Waals surface area contributed by atoms with Crippen LogP contribution < -0.4 is 5.32 Å². The van der Waals surface area contributed by atoms with Crippen molar-refractivity contribution in [3.63, 3.8) is 0 Å². The summed E-state index contributed by atoms with van der Waals surface area (Å²) in [6.45, 7) is 2.31. The van der Waals surface area contributed by atoms with E-state index in [9.17, 15) is 0 Å². The molecule has 1 unspecified atom stereocenters. The molecule has 0 aliphatic rings. The predicted octanol–water partition coefficient (Wildman–Crippen LogP) is 1.00. The second kappa shape index (κ2) is 6.96. The van der Waals surface area contributed by atoms with Gasteiger partial charge in [-0.25, -0.2) is 0 Å². The van der Waals surface area contributed by atoms with Crippen molar-refractivity contribution in [1.82, 2.24) is 20.0 Å². The second-order valence-electron chi connectivity index (χ2n) is 4.20. The Bertz CT molecular complexity index is 340. The van der Waals surface area contributed by atoms with Gasteiger partial charge < -0.3 is 15.0 Å². The number of methoxy groups -OCH3 is 1. The largest absolute Gasteiger partial charge is 0.383 e. The molecule has 0 aromatic carbocycles. The number of likely N-dealkylation sites (N-methyl/N-ethyl adjacent to an activating group) is 2. The number of nitrogens with zero attached hydrogens (tertiary/aromatic N) is 3. The van der Waals surface area contributed by atoms with Crippen molar-refractivity contribution in [3.8, 4) is 0 Å². The third kappa shape index (κ3) is 3.96. The van der Waals surface area contributed by atoms with E-state index in [0.29, 0.717) is 11.6 Å². The Balaban J connectivity index is 2.84. The molecule has 1 atom stereocenters. The molecular weight excluding hydrogens is 240 g/mol. The molecule has 0 spiro atoms. The Labute approximate surface area is 108 Å². The molecule has 98 valence electrons. The van der Waals surface area contributed by atoms with Gasteiger partial charge in [0.25, 0.3) is 0 Å². The van der Waals surface area contributed by atoms with Crippen molar-refractivity contribution in [3.05, 3.63) is 16.9 Å². The molecule has 0 amide bonds. The number of hydrogen-bond donors (Lipinski definition) is 1. The Hall–Kier alpha value is -0.620. The van der Waals surface area contributed by atoms with Gasteiger partial charge in [0.1, 0.15) is 0 Å². The lowest BCUT2D eigenvalue weighted by molar-refractivity contribution is 0.166. The fraction of sp³-hybridized carbons (Fsp3) is 0.727. The number of ether oxygens (including phenoxy) is 1. The van der Waals surface area contributed by atoms with Crippen LogP contribution in [-0.4, -0.2) is 56.1 Å². The fourth-order valence-corrected chi connectivity index (χ4v) is 1.93. The summed E-state index contributed by atoms with van der Waals surface area (Å²) in [6.07, 6.45) is 1.69. The third-order valence-electron chi connectivity index (χ3n) is 2.60. The molecule has 6 heteroatoms. The van der Waals surface area contributed by atoms with Gasteiger partial charge in [-0.15, -0.1) is 0 Å². The lowest BCUT2D eigenvalue weighted by atomic mass is 10.2. The summed E-state index contributed by atoms with van der Waals surface area (Å²) < 4.78 is 7.11. The molecule has 1 aromatic rings. The number of rotatable bonds is 7. The SMILES string of the molecule is CNC(COC)c1c(Cl)cnn1CCN(C)C. The van der Waals surface area contributed by atoms with E-state index >= 15 is 0 Å². The molecule has 0 saturated carbocycles. The molecule has 0 radical (unpaired) electrons. The van der Waals surface area contributed by atoms with Gasteiger partial charge in [-0.05, 0) is 21.1 Å². The topological polar surface area (TPSA) is 42.3 Å². The maximum atomic E-state index is 6.18. The zero-order valence-corrected chi connectivity index (χ0v) is 11.7. The Morgan fingerprint density at radius 1 is 1.59 bits per heavy atom. The van der Waals surface area contributed by atoms with E-state index in [1.54, 1.807) is 13.3 Å². The zero-order chi connectivity index (χ0) is 12.8. The van der Waals surface area contributed by atoms with Crippen LogP contribution in [0.4, 0.5) is 0 Å². The first kappa shape index (κ1) is 14.4. The molecular formula is C11H21ClN4O. The van der Waals surface area contributed by atoms with Gasteiger partial charge in [0, 0.05) is 13.7 Å². The number of nitrogens with one attached hydrogen (secondary N) is 1. The van der Waals surface area contributed by atoms with Gasteiger partial charge in [-0.1, -0.05) is 11.6 Å². The normalized spacial score (nSPS) is 13.3. The molecule has 1 aromatic heterocycles. The minimum Gasteiger partial charge on any atom is -0.383 e. The van der Waals surface area contributed by atoms with Crippen LogP contribution in [0.25, 0.3) is 0 Å². The van der Waals surface area contributed by atoms with Gasteiger partial charge in [-0.3, -0.25) is 4.68 Å². The lowest BCUT2D eigenvalue weighted by Crippen LogP contribution is -2.27. The summed E-state index contributed by atoms with van der Waals surface area (Å²) in [7, 11) is 7.65.